The highest BCUT2D eigenvalue weighted by molar-refractivity contribution is 5.91. The second-order valence-corrected chi connectivity index (χ2v) is 7.06. The number of nitrogens with one attached hydrogen (secondary N) is 3. The summed E-state index contributed by atoms with van der Waals surface area (Å²) in [6, 6.07) is 12.9. The second-order valence-electron chi connectivity index (χ2n) is 7.06. The van der Waals surface area contributed by atoms with Crippen molar-refractivity contribution in [3.8, 4) is 17.2 Å². The number of hydrogen-bond acceptors (Lipinski definition) is 7. The number of ether oxygens (including phenoxy) is 3. The van der Waals surface area contributed by atoms with Gasteiger partial charge in [-0.05, 0) is 12.5 Å². The molecule has 31 heavy (non-hydrogen) atoms. The van der Waals surface area contributed by atoms with Crippen LogP contribution in [0.4, 0.5) is 5.69 Å². The highest BCUT2D eigenvalue weighted by Gasteiger charge is 2.16. The molecule has 0 radical (unpaired) electrons. The Bertz CT molecular complexity index is 791. The van der Waals surface area contributed by atoms with E-state index in [1.165, 1.54) is 21.3 Å². The topological polar surface area (TPSA) is 101 Å². The van der Waals surface area contributed by atoms with Gasteiger partial charge in [0.05, 0.1) is 27.4 Å². The molecule has 4 N–H and O–H groups in total. The zero-order chi connectivity index (χ0) is 22.6. The summed E-state index contributed by atoms with van der Waals surface area (Å²) in [5.74, 6) is 1.31. The number of anilines is 1. The number of aliphatic hydroxyl groups is 1. The molecular formula is C23H33N3O5. The van der Waals surface area contributed by atoms with Crippen LogP contribution < -0.4 is 30.2 Å². The highest BCUT2D eigenvalue weighted by atomic mass is 16.5. The number of aliphatic hydroxyl groups excluding tert-OH is 1. The molecule has 0 aromatic heterocycles. The SMILES string of the molecule is COc1cc(NC(=O)CCNCCNC(C)C(O)c2ccccc2)cc(OC)c1OC. The summed E-state index contributed by atoms with van der Waals surface area (Å²) in [6.07, 6.45) is -0.246. The van der Waals surface area contributed by atoms with Crippen LogP contribution in [0.15, 0.2) is 42.5 Å². The molecule has 0 fully saturated rings. The maximum atomic E-state index is 12.2. The van der Waals surface area contributed by atoms with Crippen LogP contribution in [0, 0.1) is 0 Å². The zero-order valence-electron chi connectivity index (χ0n) is 18.6. The summed E-state index contributed by atoms with van der Waals surface area (Å²) in [4.78, 5) is 12.2. The van der Waals surface area contributed by atoms with E-state index in [0.29, 0.717) is 49.0 Å². The first-order chi connectivity index (χ1) is 15.0. The van der Waals surface area contributed by atoms with Crippen molar-refractivity contribution in [2.75, 3.05) is 46.3 Å². The Hall–Kier alpha value is -2.81. The van der Waals surface area contributed by atoms with E-state index >= 15 is 0 Å². The Kier molecular flexibility index (Phi) is 10.1. The van der Waals surface area contributed by atoms with Crippen molar-refractivity contribution in [2.45, 2.75) is 25.5 Å². The minimum atomic E-state index is -0.564. The number of rotatable bonds is 13. The molecule has 170 valence electrons. The fourth-order valence-electron chi connectivity index (χ4n) is 3.14. The fourth-order valence-corrected chi connectivity index (χ4v) is 3.14. The predicted octanol–water partition coefficient (Wildman–Crippen LogP) is 2.34. The first kappa shape index (κ1) is 24.5. The van der Waals surface area contributed by atoms with Gasteiger partial charge in [0, 0.05) is 49.9 Å². The third kappa shape index (κ3) is 7.43. The number of carbonyl (C=O) groups excluding carboxylic acids is 1. The van der Waals surface area contributed by atoms with E-state index in [-0.39, 0.29) is 11.9 Å². The first-order valence-electron chi connectivity index (χ1n) is 10.3. The third-order valence-electron chi connectivity index (χ3n) is 4.86. The molecular weight excluding hydrogens is 398 g/mol. The lowest BCUT2D eigenvalue weighted by Crippen LogP contribution is -2.37. The molecule has 0 saturated heterocycles. The summed E-state index contributed by atoms with van der Waals surface area (Å²) in [5, 5.41) is 19.7. The molecule has 2 aromatic carbocycles. The van der Waals surface area contributed by atoms with Crippen molar-refractivity contribution in [1.29, 1.82) is 0 Å². The lowest BCUT2D eigenvalue weighted by atomic mass is 10.0. The van der Waals surface area contributed by atoms with Crippen molar-refractivity contribution in [2.24, 2.45) is 0 Å². The van der Waals surface area contributed by atoms with Gasteiger partial charge in [0.25, 0.3) is 0 Å². The van der Waals surface area contributed by atoms with Gasteiger partial charge in [-0.15, -0.1) is 0 Å². The molecule has 0 saturated carbocycles. The molecule has 8 heteroatoms. The van der Waals surface area contributed by atoms with Crippen LogP contribution in [0.3, 0.4) is 0 Å². The van der Waals surface area contributed by atoms with Crippen molar-refractivity contribution in [3.05, 3.63) is 48.0 Å². The number of methoxy groups -OCH3 is 3. The molecule has 2 unspecified atom stereocenters. The average molecular weight is 432 g/mol. The molecule has 2 aromatic rings. The van der Waals surface area contributed by atoms with E-state index < -0.39 is 6.10 Å². The minimum absolute atomic E-state index is 0.0764. The van der Waals surface area contributed by atoms with Crippen LogP contribution >= 0.6 is 0 Å². The van der Waals surface area contributed by atoms with Gasteiger partial charge in [0.1, 0.15) is 0 Å². The Morgan fingerprint density at radius 1 is 0.968 bits per heavy atom. The third-order valence-corrected chi connectivity index (χ3v) is 4.86. The molecule has 8 nitrogen and oxygen atoms in total. The van der Waals surface area contributed by atoms with Crippen LogP contribution in [-0.4, -0.2) is 58.0 Å². The summed E-state index contributed by atoms with van der Waals surface area (Å²) in [6.45, 7) is 3.85. The van der Waals surface area contributed by atoms with Crippen molar-refractivity contribution in [3.63, 3.8) is 0 Å². The lowest BCUT2D eigenvalue weighted by molar-refractivity contribution is -0.116. The Balaban J connectivity index is 1.69. The highest BCUT2D eigenvalue weighted by Crippen LogP contribution is 2.39. The molecule has 0 bridgehead atoms. The summed E-state index contributed by atoms with van der Waals surface area (Å²) in [5.41, 5.74) is 1.46. The standard InChI is InChI=1S/C23H33N3O5/c1-16(22(28)17-8-6-5-7-9-17)25-13-12-24-11-10-21(27)26-18-14-19(29-2)23(31-4)20(15-18)30-3/h5-9,14-16,22,24-25,28H,10-13H2,1-4H3,(H,26,27). The zero-order valence-corrected chi connectivity index (χ0v) is 18.6. The number of hydrogen-bond donors (Lipinski definition) is 4. The van der Waals surface area contributed by atoms with E-state index in [4.69, 9.17) is 14.2 Å². The molecule has 0 aliphatic carbocycles. The van der Waals surface area contributed by atoms with Gasteiger partial charge in [-0.2, -0.15) is 0 Å². The minimum Gasteiger partial charge on any atom is -0.493 e. The molecule has 2 atom stereocenters. The monoisotopic (exact) mass is 431 g/mol. The number of amides is 1. The quantitative estimate of drug-likeness (QED) is 0.361. The van der Waals surface area contributed by atoms with E-state index in [2.05, 4.69) is 16.0 Å². The van der Waals surface area contributed by atoms with Gasteiger partial charge in [0.2, 0.25) is 11.7 Å². The van der Waals surface area contributed by atoms with E-state index in [0.717, 1.165) is 5.56 Å². The van der Waals surface area contributed by atoms with E-state index in [9.17, 15) is 9.90 Å². The Morgan fingerprint density at radius 2 is 1.61 bits per heavy atom. The van der Waals surface area contributed by atoms with Crippen molar-refractivity contribution >= 4 is 11.6 Å². The van der Waals surface area contributed by atoms with Crippen LogP contribution in [0.1, 0.15) is 25.0 Å². The van der Waals surface area contributed by atoms with Crippen LogP contribution in [0.25, 0.3) is 0 Å². The van der Waals surface area contributed by atoms with Gasteiger partial charge in [0.15, 0.2) is 11.5 Å². The van der Waals surface area contributed by atoms with Gasteiger partial charge < -0.3 is 35.3 Å². The van der Waals surface area contributed by atoms with Gasteiger partial charge in [-0.1, -0.05) is 30.3 Å². The summed E-state index contributed by atoms with van der Waals surface area (Å²) >= 11 is 0. The van der Waals surface area contributed by atoms with Gasteiger partial charge in [-0.25, -0.2) is 0 Å². The van der Waals surface area contributed by atoms with Gasteiger partial charge in [-0.3, -0.25) is 4.79 Å². The largest absolute Gasteiger partial charge is 0.493 e. The summed E-state index contributed by atoms with van der Waals surface area (Å²) in [7, 11) is 4.59. The Morgan fingerprint density at radius 3 is 2.19 bits per heavy atom. The smallest absolute Gasteiger partial charge is 0.225 e. The molecule has 0 heterocycles. The predicted molar refractivity (Wildman–Crippen MR) is 121 cm³/mol. The first-order valence-corrected chi connectivity index (χ1v) is 10.3. The fraction of sp³-hybridized carbons (Fsp3) is 0.435. The van der Waals surface area contributed by atoms with Gasteiger partial charge >= 0.3 is 0 Å². The maximum absolute atomic E-state index is 12.2. The molecule has 0 aliphatic rings. The van der Waals surface area contributed by atoms with Crippen LogP contribution in [-0.2, 0) is 4.79 Å². The molecule has 0 spiro atoms. The van der Waals surface area contributed by atoms with Crippen LogP contribution in [0.2, 0.25) is 0 Å². The molecule has 2 rings (SSSR count). The van der Waals surface area contributed by atoms with Crippen LogP contribution in [0.5, 0.6) is 17.2 Å². The summed E-state index contributed by atoms with van der Waals surface area (Å²) < 4.78 is 15.9. The average Bonchev–Trinajstić information content (AvgIpc) is 2.80. The van der Waals surface area contributed by atoms with Crippen molar-refractivity contribution in [1.82, 2.24) is 10.6 Å². The van der Waals surface area contributed by atoms with Crippen molar-refractivity contribution < 1.29 is 24.1 Å². The molecule has 0 aliphatic heterocycles. The number of carbonyl (C=O) groups is 1. The van der Waals surface area contributed by atoms with E-state index in [1.807, 2.05) is 37.3 Å². The Labute approximate surface area is 183 Å². The molecule has 1 amide bonds. The normalized spacial score (nSPS) is 12.7. The second kappa shape index (κ2) is 12.8. The lowest BCUT2D eigenvalue weighted by Gasteiger charge is -2.20. The number of benzene rings is 2. The maximum Gasteiger partial charge on any atom is 0.225 e. The van der Waals surface area contributed by atoms with E-state index in [1.54, 1.807) is 12.1 Å².